The number of hydrogen-bond acceptors (Lipinski definition) is 6. The van der Waals surface area contributed by atoms with Gasteiger partial charge in [-0.3, -0.25) is 0 Å². The summed E-state index contributed by atoms with van der Waals surface area (Å²) in [6.07, 6.45) is 1.42. The summed E-state index contributed by atoms with van der Waals surface area (Å²) < 4.78 is 10.6. The van der Waals surface area contributed by atoms with E-state index in [4.69, 9.17) is 14.6 Å². The Bertz CT molecular complexity index is 422. The van der Waals surface area contributed by atoms with Gasteiger partial charge in [0.2, 0.25) is 0 Å². The minimum Gasteiger partial charge on any atom is -0.394 e. The molecule has 0 aromatic heterocycles. The first-order valence-electron chi connectivity index (χ1n) is 7.27. The summed E-state index contributed by atoms with van der Waals surface area (Å²) >= 11 is 0. The van der Waals surface area contributed by atoms with Gasteiger partial charge >= 0.3 is 0 Å². The Morgan fingerprint density at radius 1 is 1.09 bits per heavy atom. The SMILES string of the molecule is CC(C)=C/C=C/C(C)=C/COC1O[C@H](CO)[C@@H](O)[C@H](O)[C@H]1O. The molecule has 6 heteroatoms. The number of allylic oxidation sites excluding steroid dienone is 5. The first kappa shape index (κ1) is 19.0. The molecule has 0 saturated carbocycles. The molecule has 1 aliphatic heterocycles. The smallest absolute Gasteiger partial charge is 0.187 e. The van der Waals surface area contributed by atoms with E-state index in [0.29, 0.717) is 0 Å². The Morgan fingerprint density at radius 3 is 2.36 bits per heavy atom. The van der Waals surface area contributed by atoms with Crippen LogP contribution in [0.3, 0.4) is 0 Å². The molecule has 1 saturated heterocycles. The van der Waals surface area contributed by atoms with Gasteiger partial charge in [-0.05, 0) is 20.8 Å². The molecule has 0 radical (unpaired) electrons. The van der Waals surface area contributed by atoms with Gasteiger partial charge in [-0.2, -0.15) is 0 Å². The molecule has 1 rings (SSSR count). The van der Waals surface area contributed by atoms with Gasteiger partial charge in [-0.1, -0.05) is 35.5 Å². The van der Waals surface area contributed by atoms with Gasteiger partial charge in [0, 0.05) is 0 Å². The van der Waals surface area contributed by atoms with E-state index in [0.717, 1.165) is 5.57 Å². The normalized spacial score (nSPS) is 33.2. The van der Waals surface area contributed by atoms with Crippen molar-refractivity contribution in [2.75, 3.05) is 13.2 Å². The van der Waals surface area contributed by atoms with Gasteiger partial charge in [-0.15, -0.1) is 0 Å². The van der Waals surface area contributed by atoms with Crippen LogP contribution in [0.2, 0.25) is 0 Å². The molecular formula is C16H26O6. The van der Waals surface area contributed by atoms with Crippen molar-refractivity contribution in [3.8, 4) is 0 Å². The average molecular weight is 314 g/mol. The van der Waals surface area contributed by atoms with E-state index in [1.54, 1.807) is 6.08 Å². The minimum atomic E-state index is -1.42. The maximum absolute atomic E-state index is 9.80. The summed E-state index contributed by atoms with van der Waals surface area (Å²) in [6, 6.07) is 0. The van der Waals surface area contributed by atoms with Crippen molar-refractivity contribution in [1.29, 1.82) is 0 Å². The molecule has 1 fully saturated rings. The predicted molar refractivity (Wildman–Crippen MR) is 82.0 cm³/mol. The van der Waals surface area contributed by atoms with Crippen LogP contribution in [0.1, 0.15) is 20.8 Å². The maximum Gasteiger partial charge on any atom is 0.187 e. The van der Waals surface area contributed by atoms with Crippen molar-refractivity contribution >= 4 is 0 Å². The van der Waals surface area contributed by atoms with Crippen LogP contribution in [0.15, 0.2) is 35.5 Å². The number of hydrogen-bond donors (Lipinski definition) is 4. The zero-order valence-electron chi connectivity index (χ0n) is 13.2. The molecule has 0 aromatic carbocycles. The molecule has 1 aliphatic rings. The van der Waals surface area contributed by atoms with Gasteiger partial charge in [0.05, 0.1) is 13.2 Å². The van der Waals surface area contributed by atoms with E-state index < -0.39 is 37.3 Å². The third-order valence-corrected chi connectivity index (χ3v) is 3.30. The van der Waals surface area contributed by atoms with Crippen molar-refractivity contribution in [2.24, 2.45) is 0 Å². The Balaban J connectivity index is 2.52. The fourth-order valence-corrected chi connectivity index (χ4v) is 1.94. The Morgan fingerprint density at radius 2 is 1.77 bits per heavy atom. The highest BCUT2D eigenvalue weighted by Crippen LogP contribution is 2.21. The van der Waals surface area contributed by atoms with E-state index in [9.17, 15) is 15.3 Å². The third-order valence-electron chi connectivity index (χ3n) is 3.30. The first-order chi connectivity index (χ1) is 10.4. The van der Waals surface area contributed by atoms with Crippen molar-refractivity contribution < 1.29 is 29.9 Å². The third kappa shape index (κ3) is 5.64. The predicted octanol–water partition coefficient (Wildman–Crippen LogP) is 0.272. The molecule has 0 aromatic rings. The zero-order valence-corrected chi connectivity index (χ0v) is 13.2. The molecule has 126 valence electrons. The molecule has 4 N–H and O–H groups in total. The lowest BCUT2D eigenvalue weighted by Crippen LogP contribution is -2.59. The first-order valence-corrected chi connectivity index (χ1v) is 7.27. The maximum atomic E-state index is 9.80. The molecule has 22 heavy (non-hydrogen) atoms. The van der Waals surface area contributed by atoms with Crippen LogP contribution in [0.4, 0.5) is 0 Å². The van der Waals surface area contributed by atoms with Crippen LogP contribution in [-0.4, -0.2) is 64.3 Å². The quantitative estimate of drug-likeness (QED) is 0.525. The van der Waals surface area contributed by atoms with E-state index in [1.807, 2.05) is 39.0 Å². The highest BCUT2D eigenvalue weighted by Gasteiger charge is 2.43. The van der Waals surface area contributed by atoms with Gasteiger partial charge in [0.15, 0.2) is 6.29 Å². The van der Waals surface area contributed by atoms with Crippen molar-refractivity contribution in [3.63, 3.8) is 0 Å². The second kappa shape index (κ2) is 9.19. The van der Waals surface area contributed by atoms with Crippen molar-refractivity contribution in [3.05, 3.63) is 35.5 Å². The summed E-state index contributed by atoms with van der Waals surface area (Å²) in [6.45, 7) is 5.63. The average Bonchev–Trinajstić information content (AvgIpc) is 2.47. The Labute approximate surface area is 131 Å². The van der Waals surface area contributed by atoms with Crippen molar-refractivity contribution in [2.45, 2.75) is 51.5 Å². The monoisotopic (exact) mass is 314 g/mol. The van der Waals surface area contributed by atoms with E-state index in [2.05, 4.69) is 0 Å². The van der Waals surface area contributed by atoms with Crippen LogP contribution in [0.25, 0.3) is 0 Å². The van der Waals surface area contributed by atoms with Gasteiger partial charge in [0.1, 0.15) is 24.4 Å². The minimum absolute atomic E-state index is 0.174. The molecule has 0 bridgehead atoms. The van der Waals surface area contributed by atoms with E-state index in [-0.39, 0.29) is 6.61 Å². The summed E-state index contributed by atoms with van der Waals surface area (Å²) in [4.78, 5) is 0. The lowest BCUT2D eigenvalue weighted by atomic mass is 9.99. The lowest BCUT2D eigenvalue weighted by molar-refractivity contribution is -0.298. The molecule has 6 nitrogen and oxygen atoms in total. The number of aliphatic hydroxyl groups is 4. The lowest BCUT2D eigenvalue weighted by Gasteiger charge is -2.39. The molecule has 0 aliphatic carbocycles. The van der Waals surface area contributed by atoms with Gasteiger partial charge in [0.25, 0.3) is 0 Å². The fraction of sp³-hybridized carbons (Fsp3) is 0.625. The number of ether oxygens (including phenoxy) is 2. The summed E-state index contributed by atoms with van der Waals surface area (Å²) in [7, 11) is 0. The molecule has 0 amide bonds. The summed E-state index contributed by atoms with van der Waals surface area (Å²) in [5, 5.41) is 38.2. The summed E-state index contributed by atoms with van der Waals surface area (Å²) in [5.74, 6) is 0. The molecule has 1 heterocycles. The van der Waals surface area contributed by atoms with Crippen LogP contribution >= 0.6 is 0 Å². The molecule has 5 atom stereocenters. The second-order valence-corrected chi connectivity index (χ2v) is 5.58. The van der Waals surface area contributed by atoms with Crippen LogP contribution in [0.5, 0.6) is 0 Å². The topological polar surface area (TPSA) is 99.4 Å². The Hall–Kier alpha value is -1.02. The standard InChI is InChI=1S/C16H26O6/c1-10(2)5-4-6-11(3)7-8-21-16-15(20)14(19)13(18)12(9-17)22-16/h4-7,12-20H,8-9H2,1-3H3/b6-4+,11-7+/t12-,13-,14+,15-,16?/m1/s1. The van der Waals surface area contributed by atoms with Crippen LogP contribution < -0.4 is 0 Å². The summed E-state index contributed by atoms with van der Waals surface area (Å²) in [5.41, 5.74) is 2.17. The van der Waals surface area contributed by atoms with E-state index >= 15 is 0 Å². The number of aliphatic hydroxyl groups excluding tert-OH is 4. The highest BCUT2D eigenvalue weighted by atomic mass is 16.7. The fourth-order valence-electron chi connectivity index (χ4n) is 1.94. The van der Waals surface area contributed by atoms with Gasteiger partial charge in [-0.25, -0.2) is 0 Å². The van der Waals surface area contributed by atoms with Gasteiger partial charge < -0.3 is 29.9 Å². The number of rotatable bonds is 6. The molecule has 0 spiro atoms. The molecular weight excluding hydrogens is 288 g/mol. The highest BCUT2D eigenvalue weighted by molar-refractivity contribution is 5.21. The second-order valence-electron chi connectivity index (χ2n) is 5.58. The largest absolute Gasteiger partial charge is 0.394 e. The van der Waals surface area contributed by atoms with Crippen LogP contribution in [-0.2, 0) is 9.47 Å². The Kier molecular flexibility index (Phi) is 7.95. The molecule has 1 unspecified atom stereocenters. The van der Waals surface area contributed by atoms with E-state index in [1.165, 1.54) is 5.57 Å². The zero-order chi connectivity index (χ0) is 16.7. The van der Waals surface area contributed by atoms with Crippen LogP contribution in [0, 0.1) is 0 Å². The van der Waals surface area contributed by atoms with Crippen molar-refractivity contribution in [1.82, 2.24) is 0 Å².